The van der Waals surface area contributed by atoms with Gasteiger partial charge in [0.05, 0.1) is 12.5 Å². The molecule has 2 aromatic carbocycles. The Bertz CT molecular complexity index is 905. The van der Waals surface area contributed by atoms with E-state index in [9.17, 15) is 4.79 Å². The lowest BCUT2D eigenvalue weighted by Crippen LogP contribution is -2.38. The minimum atomic E-state index is -0.0849. The van der Waals surface area contributed by atoms with Crippen molar-refractivity contribution in [1.29, 1.82) is 0 Å². The lowest BCUT2D eigenvalue weighted by molar-refractivity contribution is -0.120. The number of halogens is 1. The van der Waals surface area contributed by atoms with Gasteiger partial charge in [-0.2, -0.15) is 0 Å². The molecule has 1 amide bonds. The molecular formula is C21H24ClN3O2. The largest absolute Gasteiger partial charge is 0.356 e. The number of amides is 1. The number of carbonyl (C=O) groups excluding carboxylic acids is 1. The number of para-hydroxylation sites is 1. The fourth-order valence-electron chi connectivity index (χ4n) is 3.34. The van der Waals surface area contributed by atoms with Crippen LogP contribution in [-0.2, 0) is 11.2 Å². The molecule has 1 aromatic heterocycles. The molecule has 0 radical (unpaired) electrons. The van der Waals surface area contributed by atoms with Crippen LogP contribution in [0, 0.1) is 0 Å². The molecule has 0 saturated heterocycles. The van der Waals surface area contributed by atoms with Crippen molar-refractivity contribution in [2.24, 2.45) is 0 Å². The van der Waals surface area contributed by atoms with Crippen molar-refractivity contribution in [3.8, 4) is 0 Å². The number of nitrogens with one attached hydrogen (secondary N) is 1. The molecule has 1 unspecified atom stereocenters. The zero-order valence-electron chi connectivity index (χ0n) is 15.6. The van der Waals surface area contributed by atoms with Crippen LogP contribution in [0.2, 0.25) is 5.02 Å². The van der Waals surface area contributed by atoms with E-state index in [2.05, 4.69) is 29.2 Å². The van der Waals surface area contributed by atoms with Gasteiger partial charge in [0.15, 0.2) is 5.58 Å². The van der Waals surface area contributed by atoms with Gasteiger partial charge in [0.25, 0.3) is 0 Å². The molecule has 0 saturated carbocycles. The van der Waals surface area contributed by atoms with Gasteiger partial charge in [-0.1, -0.05) is 60.9 Å². The molecule has 3 rings (SSSR count). The molecule has 0 spiro atoms. The molecule has 5 nitrogen and oxygen atoms in total. The maximum Gasteiger partial charge on any atom is 0.226 e. The fraction of sp³-hybridized carbons (Fsp3) is 0.333. The van der Waals surface area contributed by atoms with Gasteiger partial charge in [-0.3, -0.25) is 9.69 Å². The molecule has 142 valence electrons. The minimum absolute atomic E-state index is 0.0201. The second kappa shape index (κ2) is 9.02. The van der Waals surface area contributed by atoms with E-state index in [1.807, 2.05) is 48.5 Å². The van der Waals surface area contributed by atoms with Gasteiger partial charge < -0.3 is 9.84 Å². The summed E-state index contributed by atoms with van der Waals surface area (Å²) in [5, 5.41) is 8.66. The van der Waals surface area contributed by atoms with Gasteiger partial charge in [0.2, 0.25) is 5.91 Å². The Morgan fingerprint density at radius 1 is 1.15 bits per heavy atom. The zero-order chi connectivity index (χ0) is 19.2. The highest BCUT2D eigenvalue weighted by molar-refractivity contribution is 6.31. The second-order valence-corrected chi connectivity index (χ2v) is 6.77. The van der Waals surface area contributed by atoms with Gasteiger partial charge in [0, 0.05) is 17.0 Å². The first kappa shape index (κ1) is 19.4. The van der Waals surface area contributed by atoms with Crippen molar-refractivity contribution in [2.75, 3.05) is 19.6 Å². The van der Waals surface area contributed by atoms with Crippen LogP contribution < -0.4 is 5.32 Å². The summed E-state index contributed by atoms with van der Waals surface area (Å²) in [6.07, 6.45) is 0.185. The van der Waals surface area contributed by atoms with Gasteiger partial charge >= 0.3 is 0 Å². The molecule has 1 atom stereocenters. The maximum absolute atomic E-state index is 12.5. The Labute approximate surface area is 164 Å². The highest BCUT2D eigenvalue weighted by Crippen LogP contribution is 2.27. The first-order valence-electron chi connectivity index (χ1n) is 9.22. The van der Waals surface area contributed by atoms with Gasteiger partial charge in [-0.25, -0.2) is 0 Å². The number of hydrogen-bond acceptors (Lipinski definition) is 4. The van der Waals surface area contributed by atoms with Crippen LogP contribution >= 0.6 is 11.6 Å². The standard InChI is InChI=1S/C21H24ClN3O2/c1-3-25(4-2)19(15-9-5-7-11-17(15)22)14-23-21(26)13-18-16-10-6-8-12-20(16)27-24-18/h5-12,19H,3-4,13-14H2,1-2H3,(H,23,26). The molecule has 0 aliphatic heterocycles. The Balaban J connectivity index is 1.71. The van der Waals surface area contributed by atoms with Crippen molar-refractivity contribution in [3.63, 3.8) is 0 Å². The highest BCUT2D eigenvalue weighted by Gasteiger charge is 2.21. The minimum Gasteiger partial charge on any atom is -0.356 e. The van der Waals surface area contributed by atoms with E-state index in [-0.39, 0.29) is 18.4 Å². The summed E-state index contributed by atoms with van der Waals surface area (Å²) in [7, 11) is 0. The van der Waals surface area contributed by atoms with Crippen LogP contribution in [-0.4, -0.2) is 35.6 Å². The lowest BCUT2D eigenvalue weighted by Gasteiger charge is -2.30. The zero-order valence-corrected chi connectivity index (χ0v) is 16.4. The van der Waals surface area contributed by atoms with E-state index in [1.54, 1.807) is 0 Å². The summed E-state index contributed by atoms with van der Waals surface area (Å²) in [5.41, 5.74) is 2.37. The Kier molecular flexibility index (Phi) is 6.48. The highest BCUT2D eigenvalue weighted by atomic mass is 35.5. The fourth-order valence-corrected chi connectivity index (χ4v) is 3.60. The molecule has 3 aromatic rings. The van der Waals surface area contributed by atoms with Crippen LogP contribution in [0.3, 0.4) is 0 Å². The first-order valence-corrected chi connectivity index (χ1v) is 9.60. The predicted molar refractivity (Wildman–Crippen MR) is 108 cm³/mol. The van der Waals surface area contributed by atoms with Crippen molar-refractivity contribution in [3.05, 3.63) is 64.8 Å². The average Bonchev–Trinajstić information content (AvgIpc) is 3.09. The van der Waals surface area contributed by atoms with Gasteiger partial charge in [-0.15, -0.1) is 0 Å². The molecular weight excluding hydrogens is 362 g/mol. The number of likely N-dealkylation sites (N-methyl/N-ethyl adjacent to an activating group) is 1. The van der Waals surface area contributed by atoms with E-state index in [0.717, 1.165) is 24.0 Å². The molecule has 0 fully saturated rings. The summed E-state index contributed by atoms with van der Waals surface area (Å²) in [5.74, 6) is -0.0849. The Morgan fingerprint density at radius 2 is 1.85 bits per heavy atom. The molecule has 0 aliphatic rings. The third-order valence-electron chi connectivity index (χ3n) is 4.79. The third kappa shape index (κ3) is 4.49. The number of aromatic nitrogens is 1. The summed E-state index contributed by atoms with van der Waals surface area (Å²) in [4.78, 5) is 14.8. The van der Waals surface area contributed by atoms with Crippen LogP contribution in [0.15, 0.2) is 53.1 Å². The molecule has 0 aliphatic carbocycles. The molecule has 27 heavy (non-hydrogen) atoms. The first-order chi connectivity index (χ1) is 13.1. The smallest absolute Gasteiger partial charge is 0.226 e. The SMILES string of the molecule is CCN(CC)C(CNC(=O)Cc1noc2ccccc12)c1ccccc1Cl. The van der Waals surface area contributed by atoms with Crippen LogP contribution in [0.1, 0.15) is 31.1 Å². The Hall–Kier alpha value is -2.37. The number of rotatable bonds is 8. The summed E-state index contributed by atoms with van der Waals surface area (Å²) >= 11 is 6.41. The van der Waals surface area contributed by atoms with Gasteiger partial charge in [0.1, 0.15) is 5.69 Å². The normalized spacial score (nSPS) is 12.4. The van der Waals surface area contributed by atoms with Crippen molar-refractivity contribution in [1.82, 2.24) is 15.4 Å². The van der Waals surface area contributed by atoms with Crippen molar-refractivity contribution >= 4 is 28.5 Å². The maximum atomic E-state index is 12.5. The monoisotopic (exact) mass is 385 g/mol. The van der Waals surface area contributed by atoms with E-state index in [4.69, 9.17) is 16.1 Å². The molecule has 1 N–H and O–H groups in total. The van der Waals surface area contributed by atoms with Crippen molar-refractivity contribution in [2.45, 2.75) is 26.3 Å². The number of hydrogen-bond donors (Lipinski definition) is 1. The quantitative estimate of drug-likeness (QED) is 0.630. The van der Waals surface area contributed by atoms with Crippen LogP contribution in [0.4, 0.5) is 0 Å². The number of fused-ring (bicyclic) bond motifs is 1. The number of nitrogens with zero attached hydrogens (tertiary/aromatic N) is 2. The molecule has 0 bridgehead atoms. The second-order valence-electron chi connectivity index (χ2n) is 6.36. The van der Waals surface area contributed by atoms with E-state index >= 15 is 0 Å². The van der Waals surface area contributed by atoms with Gasteiger partial charge in [-0.05, 0) is 36.9 Å². The van der Waals surface area contributed by atoms with E-state index in [0.29, 0.717) is 22.8 Å². The lowest BCUT2D eigenvalue weighted by atomic mass is 10.0. The van der Waals surface area contributed by atoms with E-state index in [1.165, 1.54) is 0 Å². The summed E-state index contributed by atoms with van der Waals surface area (Å²) < 4.78 is 5.28. The third-order valence-corrected chi connectivity index (χ3v) is 5.13. The average molecular weight is 386 g/mol. The Morgan fingerprint density at radius 3 is 2.59 bits per heavy atom. The molecule has 1 heterocycles. The van der Waals surface area contributed by atoms with E-state index < -0.39 is 0 Å². The molecule has 6 heteroatoms. The predicted octanol–water partition coefficient (Wildman–Crippen LogP) is 4.22. The summed E-state index contributed by atoms with van der Waals surface area (Å²) in [6, 6.07) is 15.4. The van der Waals surface area contributed by atoms with Crippen LogP contribution in [0.5, 0.6) is 0 Å². The number of benzene rings is 2. The van der Waals surface area contributed by atoms with Crippen LogP contribution in [0.25, 0.3) is 11.0 Å². The summed E-state index contributed by atoms with van der Waals surface area (Å²) in [6.45, 7) is 6.44. The topological polar surface area (TPSA) is 58.4 Å². The number of carbonyl (C=O) groups is 1. The van der Waals surface area contributed by atoms with Crippen molar-refractivity contribution < 1.29 is 9.32 Å².